The Morgan fingerprint density at radius 2 is 0.633 bits per heavy atom. The molecular weight excluding hydrogens is 745 g/mol. The van der Waals surface area contributed by atoms with Crippen LogP contribution in [-0.2, 0) is 28.6 Å². The predicted molar refractivity (Wildman–Crippen MR) is 256 cm³/mol. The van der Waals surface area contributed by atoms with E-state index in [1.165, 1.54) is 186 Å². The van der Waals surface area contributed by atoms with E-state index in [2.05, 4.69) is 34.6 Å². The molecule has 0 saturated carbocycles. The smallest absolute Gasteiger partial charge is 0.306 e. The van der Waals surface area contributed by atoms with E-state index < -0.39 is 6.10 Å². The minimum atomic E-state index is -0.762. The Bertz CT molecular complexity index is 918. The normalized spacial score (nSPS) is 12.5. The summed E-state index contributed by atoms with van der Waals surface area (Å²) in [7, 11) is 0. The molecule has 0 amide bonds. The van der Waals surface area contributed by atoms with Crippen LogP contribution in [0.4, 0.5) is 0 Å². The molecule has 0 aliphatic heterocycles. The summed E-state index contributed by atoms with van der Waals surface area (Å²) in [6, 6.07) is 0. The fraction of sp³-hybridized carbons (Fsp3) is 0.944. The average Bonchev–Trinajstić information content (AvgIpc) is 3.23. The van der Waals surface area contributed by atoms with E-state index in [0.717, 1.165) is 69.6 Å². The largest absolute Gasteiger partial charge is 0.462 e. The first-order valence-corrected chi connectivity index (χ1v) is 26.8. The molecule has 0 bridgehead atoms. The van der Waals surface area contributed by atoms with Crippen molar-refractivity contribution >= 4 is 17.9 Å². The molecule has 0 rings (SSSR count). The van der Waals surface area contributed by atoms with Crippen molar-refractivity contribution in [2.45, 2.75) is 304 Å². The van der Waals surface area contributed by atoms with Crippen LogP contribution in [0, 0.1) is 11.8 Å². The zero-order valence-corrected chi connectivity index (χ0v) is 41.1. The summed E-state index contributed by atoms with van der Waals surface area (Å²) < 4.78 is 16.8. The predicted octanol–water partition coefficient (Wildman–Crippen LogP) is 17.3. The number of rotatable bonds is 48. The van der Waals surface area contributed by atoms with Gasteiger partial charge in [0.25, 0.3) is 0 Å². The third-order valence-electron chi connectivity index (χ3n) is 12.6. The summed E-state index contributed by atoms with van der Waals surface area (Å²) in [6.07, 6.45) is 47.9. The lowest BCUT2D eigenvalue weighted by Gasteiger charge is -2.18. The number of carbonyl (C=O) groups excluding carboxylic acids is 3. The van der Waals surface area contributed by atoms with Crippen LogP contribution < -0.4 is 0 Å². The van der Waals surface area contributed by atoms with Crippen molar-refractivity contribution in [1.29, 1.82) is 0 Å². The van der Waals surface area contributed by atoms with E-state index in [4.69, 9.17) is 14.2 Å². The van der Waals surface area contributed by atoms with Crippen molar-refractivity contribution < 1.29 is 28.6 Å². The quantitative estimate of drug-likeness (QED) is 0.0345. The van der Waals surface area contributed by atoms with Gasteiger partial charge in [0.2, 0.25) is 0 Å². The van der Waals surface area contributed by atoms with Crippen LogP contribution in [0.15, 0.2) is 0 Å². The number of unbranched alkanes of at least 4 members (excludes halogenated alkanes) is 32. The summed E-state index contributed by atoms with van der Waals surface area (Å²) in [5.41, 5.74) is 0. The van der Waals surface area contributed by atoms with E-state index >= 15 is 0 Å². The molecule has 0 aromatic carbocycles. The second-order valence-electron chi connectivity index (χ2n) is 19.2. The van der Waals surface area contributed by atoms with Gasteiger partial charge in [0, 0.05) is 19.3 Å². The van der Waals surface area contributed by atoms with Gasteiger partial charge in [0.1, 0.15) is 13.2 Å². The van der Waals surface area contributed by atoms with E-state index in [0.29, 0.717) is 19.3 Å². The van der Waals surface area contributed by atoms with Gasteiger partial charge in [-0.05, 0) is 31.1 Å². The summed E-state index contributed by atoms with van der Waals surface area (Å²) >= 11 is 0. The Morgan fingerprint density at radius 3 is 0.950 bits per heavy atom. The number of hydrogen-bond donors (Lipinski definition) is 0. The zero-order chi connectivity index (χ0) is 44.0. The topological polar surface area (TPSA) is 78.9 Å². The molecule has 0 saturated heterocycles. The van der Waals surface area contributed by atoms with Crippen LogP contribution in [-0.4, -0.2) is 37.2 Å². The molecule has 0 aromatic heterocycles. The minimum absolute atomic E-state index is 0.0635. The number of hydrogen-bond acceptors (Lipinski definition) is 6. The number of esters is 3. The number of carbonyl (C=O) groups is 3. The fourth-order valence-corrected chi connectivity index (χ4v) is 8.13. The first kappa shape index (κ1) is 58.4. The van der Waals surface area contributed by atoms with Gasteiger partial charge in [-0.3, -0.25) is 14.4 Å². The molecule has 0 aliphatic rings. The summed E-state index contributed by atoms with van der Waals surface area (Å²) in [5.74, 6) is 0.848. The van der Waals surface area contributed by atoms with Crippen LogP contribution >= 0.6 is 0 Å². The first-order valence-electron chi connectivity index (χ1n) is 26.8. The maximum Gasteiger partial charge on any atom is 0.306 e. The highest BCUT2D eigenvalue weighted by molar-refractivity contribution is 5.71. The van der Waals surface area contributed by atoms with Gasteiger partial charge >= 0.3 is 17.9 Å². The highest BCUT2D eigenvalue weighted by Gasteiger charge is 2.19. The standard InChI is InChI=1S/C54H104O6/c1-6-8-9-10-11-12-13-14-15-18-24-29-34-39-44-52(55)58-47-51(60-54(57)46-41-36-31-26-21-20-23-28-33-38-43-50(5)7-2)48-59-53(56)45-40-35-30-25-19-16-17-22-27-32-37-42-49(3)4/h49-51H,6-48H2,1-5H3/t50?,51-/m0/s1. The van der Waals surface area contributed by atoms with Crippen LogP contribution in [0.2, 0.25) is 0 Å². The molecule has 0 aliphatic carbocycles. The monoisotopic (exact) mass is 849 g/mol. The van der Waals surface area contributed by atoms with E-state index in [9.17, 15) is 14.4 Å². The average molecular weight is 849 g/mol. The van der Waals surface area contributed by atoms with E-state index in [-0.39, 0.29) is 31.1 Å². The first-order chi connectivity index (χ1) is 29.3. The van der Waals surface area contributed by atoms with Gasteiger partial charge in [-0.25, -0.2) is 0 Å². The van der Waals surface area contributed by atoms with Crippen LogP contribution in [0.25, 0.3) is 0 Å². The minimum Gasteiger partial charge on any atom is -0.462 e. The highest BCUT2D eigenvalue weighted by Crippen LogP contribution is 2.18. The Hall–Kier alpha value is -1.59. The van der Waals surface area contributed by atoms with Gasteiger partial charge < -0.3 is 14.2 Å². The molecule has 0 fully saturated rings. The van der Waals surface area contributed by atoms with Crippen LogP contribution in [0.3, 0.4) is 0 Å². The lowest BCUT2D eigenvalue weighted by atomic mass is 9.99. The summed E-state index contributed by atoms with van der Waals surface area (Å²) in [6.45, 7) is 11.4. The van der Waals surface area contributed by atoms with Crippen molar-refractivity contribution in [3.05, 3.63) is 0 Å². The Morgan fingerprint density at radius 1 is 0.350 bits per heavy atom. The summed E-state index contributed by atoms with van der Waals surface area (Å²) in [4.78, 5) is 38.0. The molecule has 2 atom stereocenters. The van der Waals surface area contributed by atoms with Crippen molar-refractivity contribution in [3.8, 4) is 0 Å². The van der Waals surface area contributed by atoms with Gasteiger partial charge in [-0.2, -0.15) is 0 Å². The zero-order valence-electron chi connectivity index (χ0n) is 41.1. The van der Waals surface area contributed by atoms with Gasteiger partial charge in [-0.1, -0.05) is 259 Å². The molecule has 1 unspecified atom stereocenters. The SMILES string of the molecule is CCCCCCCCCCCCCCCCC(=O)OC[C@@H](COC(=O)CCCCCCCCCCCCCC(C)C)OC(=O)CCCCCCCCCCCCC(C)CC. The van der Waals surface area contributed by atoms with Gasteiger partial charge in [0.15, 0.2) is 6.10 Å². The molecule has 0 radical (unpaired) electrons. The molecule has 0 aromatic rings. The van der Waals surface area contributed by atoms with Crippen molar-refractivity contribution in [2.24, 2.45) is 11.8 Å². The van der Waals surface area contributed by atoms with E-state index in [1.54, 1.807) is 0 Å². The van der Waals surface area contributed by atoms with Gasteiger partial charge in [0.05, 0.1) is 0 Å². The Kier molecular flexibility index (Phi) is 45.7. The molecule has 6 heteroatoms. The molecule has 60 heavy (non-hydrogen) atoms. The van der Waals surface area contributed by atoms with E-state index in [1.807, 2.05) is 0 Å². The maximum atomic E-state index is 12.8. The van der Waals surface area contributed by atoms with Crippen molar-refractivity contribution in [3.63, 3.8) is 0 Å². The second kappa shape index (κ2) is 46.9. The van der Waals surface area contributed by atoms with Crippen LogP contribution in [0.5, 0.6) is 0 Å². The van der Waals surface area contributed by atoms with Crippen LogP contribution in [0.1, 0.15) is 298 Å². The van der Waals surface area contributed by atoms with Crippen molar-refractivity contribution in [2.75, 3.05) is 13.2 Å². The number of ether oxygens (including phenoxy) is 3. The van der Waals surface area contributed by atoms with Gasteiger partial charge in [-0.15, -0.1) is 0 Å². The molecule has 356 valence electrons. The maximum absolute atomic E-state index is 12.8. The third-order valence-corrected chi connectivity index (χ3v) is 12.6. The lowest BCUT2D eigenvalue weighted by molar-refractivity contribution is -0.167. The lowest BCUT2D eigenvalue weighted by Crippen LogP contribution is -2.30. The molecule has 0 N–H and O–H groups in total. The second-order valence-corrected chi connectivity index (χ2v) is 19.2. The Balaban J connectivity index is 4.33. The summed E-state index contributed by atoms with van der Waals surface area (Å²) in [5, 5.41) is 0. The third kappa shape index (κ3) is 45.9. The van der Waals surface area contributed by atoms with Crippen molar-refractivity contribution in [1.82, 2.24) is 0 Å². The molecular formula is C54H104O6. The molecule has 0 spiro atoms. The highest BCUT2D eigenvalue weighted by atomic mass is 16.6. The fourth-order valence-electron chi connectivity index (χ4n) is 8.13. The molecule has 0 heterocycles. The Labute approximate surface area is 374 Å². The molecule has 6 nitrogen and oxygen atoms in total.